The fraction of sp³-hybridized carbons (Fsp3) is 0.211. The lowest BCUT2D eigenvalue weighted by Crippen LogP contribution is -2.23. The number of nitrogens with zero attached hydrogens (tertiary/aromatic N) is 2. The van der Waals surface area contributed by atoms with E-state index in [2.05, 4.69) is 4.99 Å². The Bertz CT molecular complexity index is 1070. The summed E-state index contributed by atoms with van der Waals surface area (Å²) >= 11 is 1.24. The number of rotatable bonds is 6. The molecule has 0 bridgehead atoms. The Morgan fingerprint density at radius 2 is 1.82 bits per heavy atom. The van der Waals surface area contributed by atoms with Crippen LogP contribution in [-0.2, 0) is 20.9 Å². The molecule has 3 rings (SSSR count). The monoisotopic (exact) mass is 404 g/mol. The first kappa shape index (κ1) is 19.6. The van der Waals surface area contributed by atoms with Gasteiger partial charge in [-0.15, -0.1) is 0 Å². The molecule has 0 radical (unpaired) electrons. The van der Waals surface area contributed by atoms with Crippen molar-refractivity contribution in [1.82, 2.24) is 4.57 Å². The van der Waals surface area contributed by atoms with Crippen LogP contribution in [0.3, 0.4) is 0 Å². The summed E-state index contributed by atoms with van der Waals surface area (Å²) in [7, 11) is 2.85. The minimum absolute atomic E-state index is 0.0895. The number of hydrogen-bond donors (Lipinski definition) is 0. The van der Waals surface area contributed by atoms with Gasteiger partial charge in [0.1, 0.15) is 23.9 Å². The largest absolute Gasteiger partial charge is 0.497 e. The lowest BCUT2D eigenvalue weighted by molar-refractivity contribution is -0.141. The zero-order valence-corrected chi connectivity index (χ0v) is 16.0. The molecule has 28 heavy (non-hydrogen) atoms. The highest BCUT2D eigenvalue weighted by Crippen LogP contribution is 2.23. The fourth-order valence-corrected chi connectivity index (χ4v) is 3.50. The molecular formula is C19H17FN2O5S. The van der Waals surface area contributed by atoms with Gasteiger partial charge in [-0.2, -0.15) is 4.99 Å². The van der Waals surface area contributed by atoms with E-state index in [1.165, 1.54) is 42.7 Å². The fourth-order valence-electron chi connectivity index (χ4n) is 2.43. The number of carbonyl (C=O) groups excluding carboxylic acids is 2. The number of fused-ring (bicyclic) bond motifs is 1. The number of hydrogen-bond acceptors (Lipinski definition) is 6. The molecule has 0 aliphatic rings. The van der Waals surface area contributed by atoms with Crippen molar-refractivity contribution in [2.45, 2.75) is 6.54 Å². The maximum absolute atomic E-state index is 12.9. The van der Waals surface area contributed by atoms with Crippen LogP contribution in [0.4, 0.5) is 4.39 Å². The van der Waals surface area contributed by atoms with Crippen LogP contribution in [0.2, 0.25) is 0 Å². The summed E-state index contributed by atoms with van der Waals surface area (Å²) in [6.45, 7) is -0.408. The molecule has 0 saturated heterocycles. The molecule has 0 unspecified atom stereocenters. The number of methoxy groups -OCH3 is 2. The van der Waals surface area contributed by atoms with E-state index in [1.807, 2.05) is 0 Å². The second kappa shape index (κ2) is 8.66. The van der Waals surface area contributed by atoms with Crippen LogP contribution in [0.1, 0.15) is 0 Å². The Morgan fingerprint density at radius 1 is 1.11 bits per heavy atom. The molecule has 3 aromatic rings. The van der Waals surface area contributed by atoms with Crippen molar-refractivity contribution < 1.29 is 28.2 Å². The molecule has 146 valence electrons. The smallest absolute Gasteiger partial charge is 0.325 e. The molecule has 0 fully saturated rings. The standard InChI is InChI=1S/C19H17FN2O5S/c1-25-14-7-8-15-16(9-14)28-19(22(15)10-18(24)26-2)21-17(23)11-27-13-5-3-12(20)4-6-13/h3-9H,10-11H2,1-2H3. The predicted molar refractivity (Wildman–Crippen MR) is 101 cm³/mol. The van der Waals surface area contributed by atoms with Crippen LogP contribution in [0.25, 0.3) is 10.2 Å². The molecule has 0 aliphatic carbocycles. The summed E-state index contributed by atoms with van der Waals surface area (Å²) in [6, 6.07) is 10.7. The first-order valence-corrected chi connectivity index (χ1v) is 9.02. The summed E-state index contributed by atoms with van der Waals surface area (Å²) in [4.78, 5) is 28.4. The Kier molecular flexibility index (Phi) is 6.05. The number of amides is 1. The van der Waals surface area contributed by atoms with Crippen molar-refractivity contribution in [2.24, 2.45) is 4.99 Å². The van der Waals surface area contributed by atoms with Gasteiger partial charge in [-0.3, -0.25) is 9.59 Å². The highest BCUT2D eigenvalue weighted by Gasteiger charge is 2.13. The third-order valence-electron chi connectivity index (χ3n) is 3.80. The number of benzene rings is 2. The van der Waals surface area contributed by atoms with Crippen molar-refractivity contribution in [2.75, 3.05) is 20.8 Å². The van der Waals surface area contributed by atoms with E-state index in [0.717, 1.165) is 10.2 Å². The zero-order valence-electron chi connectivity index (χ0n) is 15.2. The zero-order chi connectivity index (χ0) is 20.1. The number of aromatic nitrogens is 1. The first-order chi connectivity index (χ1) is 13.5. The topological polar surface area (TPSA) is 79.1 Å². The summed E-state index contributed by atoms with van der Waals surface area (Å²) in [5, 5.41) is 0. The van der Waals surface area contributed by atoms with E-state index < -0.39 is 17.7 Å². The van der Waals surface area contributed by atoms with E-state index in [1.54, 1.807) is 29.9 Å². The van der Waals surface area contributed by atoms with Crippen molar-refractivity contribution in [3.05, 3.63) is 53.1 Å². The summed E-state index contributed by atoms with van der Waals surface area (Å²) in [5.41, 5.74) is 0.724. The Morgan fingerprint density at radius 3 is 2.50 bits per heavy atom. The van der Waals surface area contributed by atoms with Gasteiger partial charge in [0.15, 0.2) is 11.4 Å². The van der Waals surface area contributed by atoms with Gasteiger partial charge in [-0.25, -0.2) is 4.39 Å². The van der Waals surface area contributed by atoms with E-state index in [-0.39, 0.29) is 13.2 Å². The van der Waals surface area contributed by atoms with Crippen LogP contribution in [-0.4, -0.2) is 37.3 Å². The third kappa shape index (κ3) is 4.55. The second-order valence-electron chi connectivity index (χ2n) is 5.63. The minimum atomic E-state index is -0.540. The van der Waals surface area contributed by atoms with Crippen LogP contribution in [0, 0.1) is 5.82 Å². The van der Waals surface area contributed by atoms with Gasteiger partial charge in [0, 0.05) is 0 Å². The lowest BCUT2D eigenvalue weighted by atomic mass is 10.3. The van der Waals surface area contributed by atoms with Gasteiger partial charge in [-0.1, -0.05) is 11.3 Å². The number of carbonyl (C=O) groups is 2. The second-order valence-corrected chi connectivity index (χ2v) is 6.64. The minimum Gasteiger partial charge on any atom is -0.497 e. The van der Waals surface area contributed by atoms with Crippen molar-refractivity contribution >= 4 is 33.4 Å². The van der Waals surface area contributed by atoms with Crippen molar-refractivity contribution in [3.8, 4) is 11.5 Å². The Balaban J connectivity index is 1.90. The summed E-state index contributed by atoms with van der Waals surface area (Å²) in [6.07, 6.45) is 0. The quantitative estimate of drug-likeness (QED) is 0.590. The van der Waals surface area contributed by atoms with E-state index in [4.69, 9.17) is 14.2 Å². The van der Waals surface area contributed by atoms with Crippen molar-refractivity contribution in [3.63, 3.8) is 0 Å². The molecule has 0 spiro atoms. The normalized spacial score (nSPS) is 11.5. The molecular weight excluding hydrogens is 387 g/mol. The SMILES string of the molecule is COC(=O)Cn1c(=NC(=O)COc2ccc(F)cc2)sc2cc(OC)ccc21. The number of ether oxygens (including phenoxy) is 3. The molecule has 0 N–H and O–H groups in total. The van der Waals surface area contributed by atoms with E-state index >= 15 is 0 Å². The average molecular weight is 404 g/mol. The highest BCUT2D eigenvalue weighted by molar-refractivity contribution is 7.16. The van der Waals surface area contributed by atoms with Crippen LogP contribution in [0.5, 0.6) is 11.5 Å². The number of thiazole rings is 1. The molecule has 1 amide bonds. The van der Waals surface area contributed by atoms with Crippen LogP contribution >= 0.6 is 11.3 Å². The van der Waals surface area contributed by atoms with Gasteiger partial charge in [0.05, 0.1) is 24.4 Å². The third-order valence-corrected chi connectivity index (χ3v) is 4.84. The van der Waals surface area contributed by atoms with Gasteiger partial charge < -0.3 is 18.8 Å². The Labute approximate surface area is 163 Å². The predicted octanol–water partition coefficient (Wildman–Crippen LogP) is 2.53. The molecule has 0 saturated carbocycles. The maximum Gasteiger partial charge on any atom is 0.325 e. The molecule has 0 atom stereocenters. The van der Waals surface area contributed by atoms with E-state index in [9.17, 15) is 14.0 Å². The maximum atomic E-state index is 12.9. The lowest BCUT2D eigenvalue weighted by Gasteiger charge is -2.05. The molecule has 2 aromatic carbocycles. The first-order valence-electron chi connectivity index (χ1n) is 8.20. The highest BCUT2D eigenvalue weighted by atomic mass is 32.1. The van der Waals surface area contributed by atoms with Crippen LogP contribution < -0.4 is 14.3 Å². The van der Waals surface area contributed by atoms with Gasteiger partial charge in [0.2, 0.25) is 0 Å². The van der Waals surface area contributed by atoms with Gasteiger partial charge in [0.25, 0.3) is 5.91 Å². The van der Waals surface area contributed by atoms with Gasteiger partial charge in [-0.05, 0) is 42.5 Å². The van der Waals surface area contributed by atoms with E-state index in [0.29, 0.717) is 16.3 Å². The molecule has 9 heteroatoms. The molecule has 1 aromatic heterocycles. The number of esters is 1. The Hall–Kier alpha value is -3.20. The molecule has 0 aliphatic heterocycles. The van der Waals surface area contributed by atoms with Crippen molar-refractivity contribution in [1.29, 1.82) is 0 Å². The van der Waals surface area contributed by atoms with Gasteiger partial charge >= 0.3 is 5.97 Å². The summed E-state index contributed by atoms with van der Waals surface area (Å²) < 4.78 is 30.6. The van der Waals surface area contributed by atoms with Crippen LogP contribution in [0.15, 0.2) is 47.5 Å². The summed E-state index contributed by atoms with van der Waals surface area (Å²) in [5.74, 6) is -0.397. The molecule has 1 heterocycles. The average Bonchev–Trinajstić information content (AvgIpc) is 3.03. The molecule has 7 nitrogen and oxygen atoms in total. The number of halogens is 1.